The van der Waals surface area contributed by atoms with Gasteiger partial charge in [0.2, 0.25) is 5.91 Å². The summed E-state index contributed by atoms with van der Waals surface area (Å²) in [4.78, 5) is 16.5. The van der Waals surface area contributed by atoms with Crippen LogP contribution in [0.5, 0.6) is 0 Å². The minimum atomic E-state index is -0.548. The van der Waals surface area contributed by atoms with Crippen LogP contribution in [0, 0.1) is 12.3 Å². The first-order valence-electron chi connectivity index (χ1n) is 6.96. The second kappa shape index (κ2) is 6.90. The number of furan rings is 1. The minimum Gasteiger partial charge on any atom is -0.464 e. The van der Waals surface area contributed by atoms with Gasteiger partial charge in [-0.15, -0.1) is 0 Å². The fraction of sp³-hybridized carbons (Fsp3) is 0.667. The number of hydrogen-bond donors (Lipinski definition) is 1. The third-order valence-corrected chi connectivity index (χ3v) is 3.34. The van der Waals surface area contributed by atoms with Crippen LogP contribution >= 0.6 is 0 Å². The van der Waals surface area contributed by atoms with E-state index in [1.807, 2.05) is 51.9 Å². The molecule has 1 rings (SSSR count). The van der Waals surface area contributed by atoms with Crippen molar-refractivity contribution in [1.82, 2.24) is 9.80 Å². The molecule has 1 aromatic rings. The maximum Gasteiger partial charge on any atom is 0.229 e. The van der Waals surface area contributed by atoms with Gasteiger partial charge in [0.25, 0.3) is 0 Å². The number of likely N-dealkylation sites (N-methyl/N-ethyl adjacent to an activating group) is 1. The standard InChI is InChI=1S/C15H27N3O2/c1-12-6-7-13(20-12)10-18(9-8-17(4)5)14(19)15(2,3)11-16/h6-7H,8-11,16H2,1-5H3. The van der Waals surface area contributed by atoms with Crippen LogP contribution in [0.25, 0.3) is 0 Å². The fourth-order valence-electron chi connectivity index (χ4n) is 1.85. The van der Waals surface area contributed by atoms with Gasteiger partial charge in [-0.1, -0.05) is 0 Å². The lowest BCUT2D eigenvalue weighted by molar-refractivity contribution is -0.141. The lowest BCUT2D eigenvalue weighted by Crippen LogP contribution is -2.46. The van der Waals surface area contributed by atoms with Gasteiger partial charge in [0.05, 0.1) is 12.0 Å². The molecule has 0 aliphatic rings. The highest BCUT2D eigenvalue weighted by Crippen LogP contribution is 2.19. The molecule has 5 nitrogen and oxygen atoms in total. The average Bonchev–Trinajstić information content (AvgIpc) is 2.78. The largest absolute Gasteiger partial charge is 0.464 e. The molecule has 0 radical (unpaired) electrons. The van der Waals surface area contributed by atoms with E-state index in [0.717, 1.165) is 18.1 Å². The molecule has 0 unspecified atom stereocenters. The molecule has 0 saturated carbocycles. The van der Waals surface area contributed by atoms with Crippen molar-refractivity contribution in [2.24, 2.45) is 11.1 Å². The summed E-state index contributed by atoms with van der Waals surface area (Å²) in [6.45, 7) is 7.96. The summed E-state index contributed by atoms with van der Waals surface area (Å²) in [5.41, 5.74) is 5.17. The van der Waals surface area contributed by atoms with E-state index in [0.29, 0.717) is 19.6 Å². The van der Waals surface area contributed by atoms with E-state index in [2.05, 4.69) is 4.90 Å². The number of nitrogens with two attached hydrogens (primary N) is 1. The summed E-state index contributed by atoms with van der Waals surface area (Å²) < 4.78 is 5.58. The zero-order valence-corrected chi connectivity index (χ0v) is 13.3. The van der Waals surface area contributed by atoms with Gasteiger partial charge in [-0.2, -0.15) is 0 Å². The van der Waals surface area contributed by atoms with E-state index in [4.69, 9.17) is 10.2 Å². The first kappa shape index (κ1) is 16.7. The molecule has 0 aliphatic heterocycles. The molecule has 0 aliphatic carbocycles. The Balaban J connectivity index is 2.81. The lowest BCUT2D eigenvalue weighted by Gasteiger charge is -2.31. The molecule has 1 amide bonds. The quantitative estimate of drug-likeness (QED) is 0.822. The van der Waals surface area contributed by atoms with Crippen molar-refractivity contribution in [3.8, 4) is 0 Å². The zero-order chi connectivity index (χ0) is 15.3. The summed E-state index contributed by atoms with van der Waals surface area (Å²) in [7, 11) is 3.99. The highest BCUT2D eigenvalue weighted by Gasteiger charge is 2.31. The van der Waals surface area contributed by atoms with Crippen molar-refractivity contribution in [2.75, 3.05) is 33.7 Å². The van der Waals surface area contributed by atoms with Crippen LogP contribution in [-0.2, 0) is 11.3 Å². The third-order valence-electron chi connectivity index (χ3n) is 3.34. The maximum absolute atomic E-state index is 12.6. The maximum atomic E-state index is 12.6. The van der Waals surface area contributed by atoms with Crippen molar-refractivity contribution >= 4 is 5.91 Å². The van der Waals surface area contributed by atoms with Gasteiger partial charge in [0.1, 0.15) is 11.5 Å². The first-order chi connectivity index (χ1) is 9.26. The summed E-state index contributed by atoms with van der Waals surface area (Å²) in [5.74, 6) is 1.73. The normalized spacial score (nSPS) is 11.9. The Labute approximate surface area is 121 Å². The van der Waals surface area contributed by atoms with Crippen LogP contribution < -0.4 is 5.73 Å². The van der Waals surface area contributed by atoms with Gasteiger partial charge in [0.15, 0.2) is 0 Å². The second-order valence-electron chi connectivity index (χ2n) is 6.13. The Morgan fingerprint density at radius 3 is 2.40 bits per heavy atom. The molecule has 20 heavy (non-hydrogen) atoms. The van der Waals surface area contributed by atoms with Crippen molar-refractivity contribution in [2.45, 2.75) is 27.3 Å². The van der Waals surface area contributed by atoms with Crippen molar-refractivity contribution in [1.29, 1.82) is 0 Å². The van der Waals surface area contributed by atoms with Gasteiger partial charge in [-0.05, 0) is 47.0 Å². The second-order valence-corrected chi connectivity index (χ2v) is 6.13. The molecule has 0 saturated heterocycles. The van der Waals surface area contributed by atoms with Gasteiger partial charge in [-0.3, -0.25) is 4.79 Å². The number of hydrogen-bond acceptors (Lipinski definition) is 4. The van der Waals surface area contributed by atoms with E-state index in [1.165, 1.54) is 0 Å². The minimum absolute atomic E-state index is 0.0657. The molecule has 0 spiro atoms. The number of nitrogens with zero attached hydrogens (tertiary/aromatic N) is 2. The molecular formula is C15H27N3O2. The Kier molecular flexibility index (Phi) is 5.77. The zero-order valence-electron chi connectivity index (χ0n) is 13.3. The lowest BCUT2D eigenvalue weighted by atomic mass is 9.91. The van der Waals surface area contributed by atoms with Crippen molar-refractivity contribution < 1.29 is 9.21 Å². The van der Waals surface area contributed by atoms with E-state index >= 15 is 0 Å². The van der Waals surface area contributed by atoms with E-state index in [-0.39, 0.29) is 5.91 Å². The Hall–Kier alpha value is -1.33. The van der Waals surface area contributed by atoms with Crippen LogP contribution in [0.15, 0.2) is 16.5 Å². The van der Waals surface area contributed by atoms with Crippen LogP contribution in [0.2, 0.25) is 0 Å². The van der Waals surface area contributed by atoms with E-state index in [1.54, 1.807) is 0 Å². The van der Waals surface area contributed by atoms with Crippen LogP contribution in [-0.4, -0.2) is 49.4 Å². The Bertz CT molecular complexity index is 438. The summed E-state index contributed by atoms with van der Waals surface area (Å²) in [6, 6.07) is 3.83. The molecule has 1 aromatic heterocycles. The van der Waals surface area contributed by atoms with Crippen molar-refractivity contribution in [3.63, 3.8) is 0 Å². The topological polar surface area (TPSA) is 62.7 Å². The number of aryl methyl sites for hydroxylation is 1. The number of rotatable bonds is 7. The first-order valence-corrected chi connectivity index (χ1v) is 6.96. The van der Waals surface area contributed by atoms with Gasteiger partial charge >= 0.3 is 0 Å². The molecular weight excluding hydrogens is 254 g/mol. The van der Waals surface area contributed by atoms with Crippen LogP contribution in [0.1, 0.15) is 25.4 Å². The molecule has 5 heteroatoms. The van der Waals surface area contributed by atoms with Gasteiger partial charge in [0, 0.05) is 19.6 Å². The molecule has 0 fully saturated rings. The van der Waals surface area contributed by atoms with Crippen LogP contribution in [0.4, 0.5) is 0 Å². The number of carbonyl (C=O) groups is 1. The summed E-state index contributed by atoms with van der Waals surface area (Å²) in [5, 5.41) is 0. The fourth-order valence-corrected chi connectivity index (χ4v) is 1.85. The Morgan fingerprint density at radius 2 is 1.95 bits per heavy atom. The van der Waals surface area contributed by atoms with E-state index < -0.39 is 5.41 Å². The van der Waals surface area contributed by atoms with Crippen LogP contribution in [0.3, 0.4) is 0 Å². The predicted molar refractivity (Wildman–Crippen MR) is 80.3 cm³/mol. The highest BCUT2D eigenvalue weighted by molar-refractivity contribution is 5.82. The molecule has 0 atom stereocenters. The molecule has 114 valence electrons. The summed E-state index contributed by atoms with van der Waals surface area (Å²) >= 11 is 0. The summed E-state index contributed by atoms with van der Waals surface area (Å²) in [6.07, 6.45) is 0. The molecule has 0 bridgehead atoms. The molecule has 0 aromatic carbocycles. The number of carbonyl (C=O) groups excluding carboxylic acids is 1. The SMILES string of the molecule is Cc1ccc(CN(CCN(C)C)C(=O)C(C)(C)CN)o1. The van der Waals surface area contributed by atoms with Gasteiger partial charge < -0.3 is 20.0 Å². The van der Waals surface area contributed by atoms with Gasteiger partial charge in [-0.25, -0.2) is 0 Å². The average molecular weight is 281 g/mol. The Morgan fingerprint density at radius 1 is 1.30 bits per heavy atom. The number of amides is 1. The monoisotopic (exact) mass is 281 g/mol. The highest BCUT2D eigenvalue weighted by atomic mass is 16.3. The third kappa shape index (κ3) is 4.65. The smallest absolute Gasteiger partial charge is 0.229 e. The molecule has 2 N–H and O–H groups in total. The van der Waals surface area contributed by atoms with E-state index in [9.17, 15) is 4.79 Å². The predicted octanol–water partition coefficient (Wildman–Crippen LogP) is 1.46. The molecule has 1 heterocycles. The van der Waals surface area contributed by atoms with Crippen molar-refractivity contribution in [3.05, 3.63) is 23.7 Å².